The zero-order valence-corrected chi connectivity index (χ0v) is 13.6. The Labute approximate surface area is 127 Å². The van der Waals surface area contributed by atoms with Crippen molar-refractivity contribution in [2.24, 2.45) is 0 Å². The van der Waals surface area contributed by atoms with Crippen LogP contribution in [0.15, 0.2) is 24.3 Å². The van der Waals surface area contributed by atoms with Crippen LogP contribution in [0.1, 0.15) is 23.2 Å². The average Bonchev–Trinajstić information content (AvgIpc) is 2.34. The maximum Gasteiger partial charge on any atom is 2.00 e. The van der Waals surface area contributed by atoms with Gasteiger partial charge in [0.25, 0.3) is 5.91 Å². The van der Waals surface area contributed by atoms with Gasteiger partial charge in [0.2, 0.25) is 0 Å². The van der Waals surface area contributed by atoms with E-state index in [0.29, 0.717) is 5.69 Å². The van der Waals surface area contributed by atoms with E-state index in [1.54, 1.807) is 0 Å². The number of hydrogen-bond donors (Lipinski definition) is 2. The summed E-state index contributed by atoms with van der Waals surface area (Å²) in [6, 6.07) is 4.45. The van der Waals surface area contributed by atoms with E-state index in [1.807, 2.05) is 0 Å². The number of carboxylic acids is 2. The van der Waals surface area contributed by atoms with Crippen molar-refractivity contribution in [2.75, 3.05) is 5.73 Å². The summed E-state index contributed by atoms with van der Waals surface area (Å²) in [6.45, 7) is 0. The Morgan fingerprint density at radius 1 is 1.15 bits per heavy atom. The molecule has 0 aliphatic carbocycles. The van der Waals surface area contributed by atoms with Crippen LogP contribution in [0.4, 0.5) is 5.69 Å². The Bertz CT molecular complexity index is 489. The number of amides is 1. The van der Waals surface area contributed by atoms with Crippen molar-refractivity contribution < 1.29 is 44.1 Å². The number of nitrogen functional groups attached to an aromatic ring is 1. The first kappa shape index (κ1) is 18.1. The average molecular weight is 330 g/mol. The van der Waals surface area contributed by atoms with Crippen molar-refractivity contribution in [3.63, 3.8) is 0 Å². The molecule has 0 aromatic heterocycles. The van der Waals surface area contributed by atoms with Crippen molar-refractivity contribution in [3.05, 3.63) is 29.8 Å². The maximum absolute atomic E-state index is 11.7. The van der Waals surface area contributed by atoms with Gasteiger partial charge in [-0.1, -0.05) is 0 Å². The molecule has 20 heavy (non-hydrogen) atoms. The standard InChI is InChI=1S/C12H14N2O5.Zn/c13-8-3-1-7(2-4-8)11(17)14-9(12(18)19)5-6-10(15)16;/h1-4,9H,5-6,13H2,(H,14,17)(H,15,16)(H,18,19);/q;+2/p-2/t9-;/m0./s1. The number of benzene rings is 1. The molecule has 1 rings (SSSR count). The minimum atomic E-state index is -1.55. The van der Waals surface area contributed by atoms with Gasteiger partial charge < -0.3 is 30.9 Å². The second kappa shape index (κ2) is 8.27. The number of rotatable bonds is 6. The van der Waals surface area contributed by atoms with Crippen molar-refractivity contribution in [1.29, 1.82) is 0 Å². The van der Waals surface area contributed by atoms with Gasteiger partial charge in [-0.05, 0) is 37.1 Å². The molecular weight excluding hydrogens is 318 g/mol. The number of carbonyl (C=O) groups is 3. The molecule has 102 valence electrons. The summed E-state index contributed by atoms with van der Waals surface area (Å²) in [5.74, 6) is -3.59. The molecule has 1 aromatic rings. The van der Waals surface area contributed by atoms with Crippen molar-refractivity contribution in [3.8, 4) is 0 Å². The fourth-order valence-corrected chi connectivity index (χ4v) is 1.39. The number of nitrogens with one attached hydrogen (secondary N) is 1. The van der Waals surface area contributed by atoms with E-state index in [0.717, 1.165) is 0 Å². The monoisotopic (exact) mass is 328 g/mol. The largest absolute Gasteiger partial charge is 2.00 e. The Hall–Kier alpha value is -1.95. The number of carbonyl (C=O) groups excluding carboxylic acids is 3. The van der Waals surface area contributed by atoms with Crippen molar-refractivity contribution >= 4 is 23.5 Å². The van der Waals surface area contributed by atoms with E-state index in [-0.39, 0.29) is 31.5 Å². The van der Waals surface area contributed by atoms with Crippen molar-refractivity contribution in [2.45, 2.75) is 18.9 Å². The molecule has 0 unspecified atom stereocenters. The molecule has 3 N–H and O–H groups in total. The number of nitrogens with two attached hydrogens (primary N) is 1. The maximum atomic E-state index is 11.7. The Kier molecular flexibility index (Phi) is 7.46. The fourth-order valence-electron chi connectivity index (χ4n) is 1.39. The summed E-state index contributed by atoms with van der Waals surface area (Å²) in [7, 11) is 0. The van der Waals surface area contributed by atoms with Gasteiger partial charge in [0.1, 0.15) is 0 Å². The molecule has 1 atom stereocenters. The van der Waals surface area contributed by atoms with Gasteiger partial charge in [-0.25, -0.2) is 0 Å². The molecule has 8 heteroatoms. The second-order valence-electron chi connectivity index (χ2n) is 3.88. The van der Waals surface area contributed by atoms with Gasteiger partial charge >= 0.3 is 19.5 Å². The normalized spacial score (nSPS) is 11.0. The van der Waals surface area contributed by atoms with Crippen LogP contribution in [-0.4, -0.2) is 23.9 Å². The first-order valence-corrected chi connectivity index (χ1v) is 5.47. The van der Waals surface area contributed by atoms with Crippen LogP contribution in [0.2, 0.25) is 0 Å². The van der Waals surface area contributed by atoms with E-state index in [4.69, 9.17) is 5.73 Å². The van der Waals surface area contributed by atoms with Crippen LogP contribution in [-0.2, 0) is 29.1 Å². The molecule has 0 saturated carbocycles. The zero-order chi connectivity index (χ0) is 14.4. The molecule has 0 saturated heterocycles. The molecule has 1 aromatic carbocycles. The van der Waals surface area contributed by atoms with Gasteiger partial charge in [0.15, 0.2) is 0 Å². The number of carboxylic acid groups (broad SMARTS) is 2. The molecule has 0 spiro atoms. The molecule has 0 aliphatic heterocycles. The van der Waals surface area contributed by atoms with Crippen LogP contribution < -0.4 is 21.3 Å². The van der Waals surface area contributed by atoms with E-state index >= 15 is 0 Å². The first-order valence-electron chi connectivity index (χ1n) is 5.47. The Morgan fingerprint density at radius 2 is 1.70 bits per heavy atom. The van der Waals surface area contributed by atoms with Crippen LogP contribution in [0.25, 0.3) is 0 Å². The summed E-state index contributed by atoms with van der Waals surface area (Å²) < 4.78 is 0. The molecule has 7 nitrogen and oxygen atoms in total. The smallest absolute Gasteiger partial charge is 0.550 e. The second-order valence-corrected chi connectivity index (χ2v) is 3.88. The third-order valence-electron chi connectivity index (χ3n) is 2.40. The first-order chi connectivity index (χ1) is 8.90. The number of anilines is 1. The molecular formula is C12H12N2O5Zn. The predicted octanol–water partition coefficient (Wildman–Crippen LogP) is -2.36. The van der Waals surface area contributed by atoms with Crippen LogP contribution in [0.5, 0.6) is 0 Å². The van der Waals surface area contributed by atoms with Gasteiger partial charge in [-0.3, -0.25) is 4.79 Å². The molecule has 0 fully saturated rings. The summed E-state index contributed by atoms with van der Waals surface area (Å²) >= 11 is 0. The third kappa shape index (κ3) is 5.80. The molecule has 0 aliphatic rings. The quantitative estimate of drug-likeness (QED) is 0.443. The summed E-state index contributed by atoms with van der Waals surface area (Å²) in [6.07, 6.45) is -0.786. The summed E-state index contributed by atoms with van der Waals surface area (Å²) in [4.78, 5) is 32.8. The third-order valence-corrected chi connectivity index (χ3v) is 2.40. The number of hydrogen-bond acceptors (Lipinski definition) is 6. The minimum absolute atomic E-state index is 0. The van der Waals surface area contributed by atoms with Crippen LogP contribution in [0.3, 0.4) is 0 Å². The van der Waals surface area contributed by atoms with E-state index < -0.39 is 30.3 Å². The fraction of sp³-hybridized carbons (Fsp3) is 0.250. The summed E-state index contributed by atoms with van der Waals surface area (Å²) in [5, 5.41) is 23.2. The number of aliphatic carboxylic acids is 2. The predicted molar refractivity (Wildman–Crippen MR) is 61.4 cm³/mol. The molecule has 1 amide bonds. The zero-order valence-electron chi connectivity index (χ0n) is 10.6. The van der Waals surface area contributed by atoms with E-state index in [9.17, 15) is 24.6 Å². The van der Waals surface area contributed by atoms with E-state index in [2.05, 4.69) is 5.32 Å². The van der Waals surface area contributed by atoms with Crippen LogP contribution >= 0.6 is 0 Å². The van der Waals surface area contributed by atoms with Gasteiger partial charge in [-0.2, -0.15) is 0 Å². The Balaban J connectivity index is 0.00000361. The van der Waals surface area contributed by atoms with Gasteiger partial charge in [0, 0.05) is 17.2 Å². The summed E-state index contributed by atoms with van der Waals surface area (Å²) in [5.41, 5.74) is 6.13. The van der Waals surface area contributed by atoms with E-state index in [1.165, 1.54) is 24.3 Å². The molecule has 0 radical (unpaired) electrons. The minimum Gasteiger partial charge on any atom is -0.550 e. The molecule has 0 bridgehead atoms. The van der Waals surface area contributed by atoms with Crippen LogP contribution in [0, 0.1) is 0 Å². The SMILES string of the molecule is Nc1ccc(C(=O)N[C@@H](CCC(=O)[O-])C(=O)[O-])cc1.[Zn+2]. The molecule has 0 heterocycles. The Morgan fingerprint density at radius 3 is 2.15 bits per heavy atom. The topological polar surface area (TPSA) is 135 Å². The van der Waals surface area contributed by atoms with Gasteiger partial charge in [0.05, 0.1) is 12.0 Å². The van der Waals surface area contributed by atoms with Crippen molar-refractivity contribution in [1.82, 2.24) is 5.32 Å². The van der Waals surface area contributed by atoms with Gasteiger partial charge in [-0.15, -0.1) is 0 Å².